The molecule has 2 nitrogen and oxygen atoms in total. The van der Waals surface area contributed by atoms with Gasteiger partial charge in [-0.3, -0.25) is 4.79 Å². The predicted octanol–water partition coefficient (Wildman–Crippen LogP) is 4.21. The van der Waals surface area contributed by atoms with Gasteiger partial charge in [-0.15, -0.1) is 15.5 Å². The van der Waals surface area contributed by atoms with Gasteiger partial charge in [0.25, 0.3) is 9.05 Å². The molecule has 1 aromatic heterocycles. The zero-order chi connectivity index (χ0) is 12.0. The number of rotatable bonds is 2. The smallest absolute Gasteiger partial charge is 0.268 e. The summed E-state index contributed by atoms with van der Waals surface area (Å²) in [5.41, 5.74) is -0.483. The average molecular weight is 264 g/mol. The van der Waals surface area contributed by atoms with Crippen molar-refractivity contribution in [3.63, 3.8) is 0 Å². The Labute approximate surface area is 87.2 Å². The van der Waals surface area contributed by atoms with Gasteiger partial charge in [0.15, 0.2) is 10.8 Å². The molecule has 0 atom stereocenters. The van der Waals surface area contributed by atoms with E-state index in [-0.39, 0.29) is 0 Å². The van der Waals surface area contributed by atoms with Crippen LogP contribution in [0, 0.1) is 0 Å². The van der Waals surface area contributed by atoms with E-state index in [0.717, 1.165) is 19.1 Å². The van der Waals surface area contributed by atoms with Crippen molar-refractivity contribution in [1.82, 2.24) is 4.98 Å². The minimum Gasteiger partial charge on any atom is -0.293 e. The van der Waals surface area contributed by atoms with Gasteiger partial charge in [-0.1, -0.05) is 6.07 Å². The standard InChI is InChI=1S/C7H6ClF4NOS/c1-5(14)6-3-2-4-7(13-6)15(8,9,10,11)12/h2-4H,1H3. The number of aromatic nitrogens is 1. The highest BCUT2D eigenvalue weighted by atomic mass is 35.7. The minimum absolute atomic E-state index is 0.390. The molecular formula is C7H6ClF4NOS. The molecule has 15 heavy (non-hydrogen) atoms. The van der Waals surface area contributed by atoms with E-state index in [2.05, 4.69) is 15.7 Å². The van der Waals surface area contributed by atoms with Gasteiger partial charge >= 0.3 is 0 Å². The van der Waals surface area contributed by atoms with Gasteiger partial charge in [-0.2, -0.15) is 0 Å². The van der Waals surface area contributed by atoms with E-state index >= 15 is 0 Å². The highest BCUT2D eigenvalue weighted by Crippen LogP contribution is 3.03. The Morgan fingerprint density at radius 3 is 2.27 bits per heavy atom. The normalized spacial score (nSPS) is 16.7. The number of ketones is 1. The number of pyridine rings is 1. The van der Waals surface area contributed by atoms with Crippen LogP contribution in [0.3, 0.4) is 0 Å². The summed E-state index contributed by atoms with van der Waals surface area (Å²) in [6.07, 6.45) is 0. The lowest BCUT2D eigenvalue weighted by atomic mass is 10.3. The number of nitrogens with zero attached hydrogens (tertiary/aromatic N) is 1. The SMILES string of the molecule is CC(=O)c1cccc(S(F)(F)(F)(F)Cl)n1. The Hall–Kier alpha value is -0.820. The average Bonchev–Trinajstić information content (AvgIpc) is 2.00. The quantitative estimate of drug-likeness (QED) is 0.591. The summed E-state index contributed by atoms with van der Waals surface area (Å²) >= 11 is 0. The molecule has 0 saturated heterocycles. The lowest BCUT2D eigenvalue weighted by Crippen LogP contribution is -2.09. The van der Waals surface area contributed by atoms with Gasteiger partial charge in [-0.25, -0.2) is 4.98 Å². The van der Waals surface area contributed by atoms with Gasteiger partial charge in [0.2, 0.25) is 0 Å². The number of hydrogen-bond acceptors (Lipinski definition) is 2. The van der Waals surface area contributed by atoms with Gasteiger partial charge < -0.3 is 0 Å². The van der Waals surface area contributed by atoms with Crippen molar-refractivity contribution in [2.75, 3.05) is 0 Å². The zero-order valence-corrected chi connectivity index (χ0v) is 8.96. The van der Waals surface area contributed by atoms with Gasteiger partial charge in [0, 0.05) is 17.6 Å². The van der Waals surface area contributed by atoms with Crippen molar-refractivity contribution in [1.29, 1.82) is 0 Å². The fraction of sp³-hybridized carbons (Fsp3) is 0.143. The maximum Gasteiger partial charge on any atom is 0.268 e. The number of carbonyl (C=O) groups excluding carboxylic acids is 1. The monoisotopic (exact) mass is 263 g/mol. The highest BCUT2D eigenvalue weighted by molar-refractivity contribution is 8.65. The molecule has 0 saturated carbocycles. The van der Waals surface area contributed by atoms with Crippen molar-refractivity contribution >= 4 is 25.5 Å². The molecule has 0 bridgehead atoms. The fourth-order valence-corrected chi connectivity index (χ4v) is 1.69. The summed E-state index contributed by atoms with van der Waals surface area (Å²) in [6.45, 7) is 1.02. The van der Waals surface area contributed by atoms with Crippen LogP contribution < -0.4 is 0 Å². The highest BCUT2D eigenvalue weighted by Gasteiger charge is 2.64. The van der Waals surface area contributed by atoms with Crippen LogP contribution in [0.25, 0.3) is 0 Å². The molecule has 0 radical (unpaired) electrons. The van der Waals surface area contributed by atoms with Crippen LogP contribution in [-0.2, 0) is 0 Å². The van der Waals surface area contributed by atoms with Crippen molar-refractivity contribution in [2.24, 2.45) is 0 Å². The molecule has 8 heteroatoms. The van der Waals surface area contributed by atoms with Crippen LogP contribution in [0.4, 0.5) is 15.5 Å². The Morgan fingerprint density at radius 2 is 1.87 bits per heavy atom. The van der Waals surface area contributed by atoms with Crippen LogP contribution in [0.15, 0.2) is 23.2 Å². The van der Waals surface area contributed by atoms with Crippen molar-refractivity contribution in [3.8, 4) is 0 Å². The third-order valence-corrected chi connectivity index (χ3v) is 2.97. The second kappa shape index (κ2) is 2.65. The van der Waals surface area contributed by atoms with Crippen LogP contribution in [0.2, 0.25) is 0 Å². The number of hydrogen-bond donors (Lipinski definition) is 0. The lowest BCUT2D eigenvalue weighted by molar-refractivity contribution is 0.101. The summed E-state index contributed by atoms with van der Waals surface area (Å²) in [5.74, 6) is -0.699. The van der Waals surface area contributed by atoms with Crippen LogP contribution in [0.1, 0.15) is 17.4 Å². The molecule has 0 aromatic carbocycles. The molecule has 0 aliphatic carbocycles. The molecule has 0 amide bonds. The molecule has 0 aliphatic rings. The van der Waals surface area contributed by atoms with Crippen LogP contribution in [-0.4, -0.2) is 10.8 Å². The Balaban J connectivity index is 3.43. The molecule has 0 fully saturated rings. The second-order valence-electron chi connectivity index (χ2n) is 2.89. The van der Waals surface area contributed by atoms with E-state index in [1.54, 1.807) is 0 Å². The van der Waals surface area contributed by atoms with E-state index < -0.39 is 25.6 Å². The van der Waals surface area contributed by atoms with Crippen molar-refractivity contribution in [3.05, 3.63) is 23.9 Å². The van der Waals surface area contributed by atoms with Crippen molar-refractivity contribution < 1.29 is 20.3 Å². The maximum atomic E-state index is 12.6. The zero-order valence-electron chi connectivity index (χ0n) is 7.39. The third kappa shape index (κ3) is 3.07. The summed E-state index contributed by atoms with van der Waals surface area (Å²) < 4.78 is 50.6. The minimum atomic E-state index is -8.80. The first kappa shape index (κ1) is 12.3. The van der Waals surface area contributed by atoms with Gasteiger partial charge in [-0.05, 0) is 12.1 Å². The first-order valence-corrected chi connectivity index (χ1v) is 6.50. The molecule has 86 valence electrons. The van der Waals surface area contributed by atoms with E-state index in [9.17, 15) is 20.3 Å². The van der Waals surface area contributed by atoms with E-state index in [4.69, 9.17) is 0 Å². The lowest BCUT2D eigenvalue weighted by Gasteiger charge is -2.41. The Bertz CT molecular complexity index is 429. The predicted molar refractivity (Wildman–Crippen MR) is 50.4 cm³/mol. The van der Waals surface area contributed by atoms with Crippen LogP contribution >= 0.6 is 19.7 Å². The van der Waals surface area contributed by atoms with E-state index in [0.29, 0.717) is 6.07 Å². The van der Waals surface area contributed by atoms with Gasteiger partial charge in [0.05, 0.1) is 0 Å². The molecular weight excluding hydrogens is 258 g/mol. The molecule has 0 N–H and O–H groups in total. The number of carbonyl (C=O) groups is 1. The fourth-order valence-electron chi connectivity index (χ4n) is 0.826. The first-order valence-electron chi connectivity index (χ1n) is 3.62. The Kier molecular flexibility index (Phi) is 2.16. The Morgan fingerprint density at radius 1 is 1.33 bits per heavy atom. The molecule has 1 heterocycles. The summed E-state index contributed by atoms with van der Waals surface area (Å²) in [4.78, 5) is 13.6. The second-order valence-corrected chi connectivity index (χ2v) is 7.11. The maximum absolute atomic E-state index is 12.6. The summed E-state index contributed by atoms with van der Waals surface area (Å²) in [5, 5.41) is -1.86. The molecule has 0 spiro atoms. The molecule has 0 unspecified atom stereocenters. The molecule has 0 aliphatic heterocycles. The summed E-state index contributed by atoms with van der Waals surface area (Å²) in [7, 11) is -4.78. The van der Waals surface area contributed by atoms with E-state index in [1.807, 2.05) is 0 Å². The number of halogens is 5. The molecule has 1 rings (SSSR count). The molecule has 1 aromatic rings. The first-order chi connectivity index (χ1) is 6.40. The van der Waals surface area contributed by atoms with Crippen LogP contribution in [0.5, 0.6) is 0 Å². The third-order valence-electron chi connectivity index (χ3n) is 1.48. The largest absolute Gasteiger partial charge is 0.293 e. The van der Waals surface area contributed by atoms with Gasteiger partial charge in [0.1, 0.15) is 5.69 Å². The van der Waals surface area contributed by atoms with E-state index in [1.165, 1.54) is 0 Å². The topological polar surface area (TPSA) is 30.0 Å². The summed E-state index contributed by atoms with van der Waals surface area (Å²) in [6, 6.07) is 2.31. The number of Topliss-reactive ketones (excluding diaryl/α,β-unsaturated/α-hetero) is 1. The van der Waals surface area contributed by atoms with Crippen molar-refractivity contribution in [2.45, 2.75) is 11.9 Å².